The maximum Gasteiger partial charge on any atom is 0.123 e. The normalized spacial score (nSPS) is 33.8. The first-order valence-electron chi connectivity index (χ1n) is 3.50. The third-order valence-electron chi connectivity index (χ3n) is 1.78. The summed E-state index contributed by atoms with van der Waals surface area (Å²) in [7, 11) is 0. The zero-order valence-corrected chi connectivity index (χ0v) is 6.45. The van der Waals surface area contributed by atoms with Crippen LogP contribution in [0.3, 0.4) is 0 Å². The van der Waals surface area contributed by atoms with Gasteiger partial charge < -0.3 is 0 Å². The van der Waals surface area contributed by atoms with Gasteiger partial charge in [0.25, 0.3) is 0 Å². The lowest BCUT2D eigenvalue weighted by atomic mass is 10.3. The Balaban J connectivity index is 1.91. The Morgan fingerprint density at radius 3 is 2.80 bits per heavy atom. The van der Waals surface area contributed by atoms with Crippen molar-refractivity contribution in [3.63, 3.8) is 0 Å². The highest BCUT2D eigenvalue weighted by molar-refractivity contribution is 8.12. The van der Waals surface area contributed by atoms with Gasteiger partial charge in [0.1, 0.15) is 5.55 Å². The smallest absolute Gasteiger partial charge is 0.123 e. The molecular weight excluding hydrogens is 146 g/mol. The highest BCUT2D eigenvalue weighted by Gasteiger charge is 2.25. The van der Waals surface area contributed by atoms with Crippen LogP contribution in [-0.4, -0.2) is 36.6 Å². The SMILES string of the molecule is [C]1=NC(C2NCCN2)CS1. The van der Waals surface area contributed by atoms with Crippen LogP contribution in [0.2, 0.25) is 0 Å². The minimum Gasteiger partial charge on any atom is -0.299 e. The van der Waals surface area contributed by atoms with Crippen molar-refractivity contribution in [3.05, 3.63) is 0 Å². The summed E-state index contributed by atoms with van der Waals surface area (Å²) >= 11 is 1.67. The molecule has 10 heavy (non-hydrogen) atoms. The average Bonchev–Trinajstić information content (AvgIpc) is 2.59. The summed E-state index contributed by atoms with van der Waals surface area (Å²) < 4.78 is 0. The molecule has 4 heteroatoms. The van der Waals surface area contributed by atoms with Crippen molar-refractivity contribution < 1.29 is 0 Å². The van der Waals surface area contributed by atoms with Gasteiger partial charge >= 0.3 is 0 Å². The van der Waals surface area contributed by atoms with Crippen LogP contribution in [-0.2, 0) is 0 Å². The summed E-state index contributed by atoms with van der Waals surface area (Å²) in [5.74, 6) is 1.07. The molecule has 0 aliphatic carbocycles. The van der Waals surface area contributed by atoms with Gasteiger partial charge in [0.2, 0.25) is 0 Å². The van der Waals surface area contributed by atoms with Gasteiger partial charge in [-0.3, -0.25) is 15.6 Å². The van der Waals surface area contributed by atoms with Crippen molar-refractivity contribution >= 4 is 17.3 Å². The fourth-order valence-corrected chi connectivity index (χ4v) is 1.96. The van der Waals surface area contributed by atoms with Crippen LogP contribution in [0.4, 0.5) is 0 Å². The molecule has 0 saturated carbocycles. The molecule has 1 radical (unpaired) electrons. The van der Waals surface area contributed by atoms with Crippen molar-refractivity contribution in [3.8, 4) is 0 Å². The molecular formula is C6H10N3S. The first kappa shape index (κ1) is 6.64. The van der Waals surface area contributed by atoms with Gasteiger partial charge in [0, 0.05) is 18.8 Å². The molecule has 1 saturated heterocycles. The third-order valence-corrected chi connectivity index (χ3v) is 2.52. The van der Waals surface area contributed by atoms with Gasteiger partial charge in [-0.15, -0.1) is 11.8 Å². The molecule has 3 nitrogen and oxygen atoms in total. The van der Waals surface area contributed by atoms with E-state index in [-0.39, 0.29) is 0 Å². The summed E-state index contributed by atoms with van der Waals surface area (Å²) in [5, 5.41) is 6.68. The Morgan fingerprint density at radius 1 is 1.40 bits per heavy atom. The van der Waals surface area contributed by atoms with E-state index in [0.717, 1.165) is 18.8 Å². The predicted octanol–water partition coefficient (Wildman–Crippen LogP) is -0.474. The summed E-state index contributed by atoms with van der Waals surface area (Å²) in [4.78, 5) is 4.21. The van der Waals surface area contributed by atoms with Crippen molar-refractivity contribution in [1.82, 2.24) is 10.6 Å². The molecule has 0 aromatic rings. The minimum absolute atomic E-state index is 0.405. The van der Waals surface area contributed by atoms with Crippen LogP contribution in [0.1, 0.15) is 0 Å². The molecule has 2 heterocycles. The highest BCUT2D eigenvalue weighted by atomic mass is 32.2. The number of rotatable bonds is 1. The van der Waals surface area contributed by atoms with E-state index in [1.807, 2.05) is 0 Å². The second kappa shape index (κ2) is 2.90. The van der Waals surface area contributed by atoms with Crippen molar-refractivity contribution in [1.29, 1.82) is 0 Å². The van der Waals surface area contributed by atoms with Gasteiger partial charge in [0.05, 0.1) is 12.2 Å². The van der Waals surface area contributed by atoms with E-state index in [2.05, 4.69) is 21.2 Å². The van der Waals surface area contributed by atoms with E-state index in [1.54, 1.807) is 11.8 Å². The van der Waals surface area contributed by atoms with Crippen LogP contribution in [0, 0.1) is 0 Å². The molecule has 0 aromatic heterocycles. The summed E-state index contributed by atoms with van der Waals surface area (Å²) in [6.45, 7) is 2.14. The highest BCUT2D eigenvalue weighted by Crippen LogP contribution is 2.14. The Morgan fingerprint density at radius 2 is 2.20 bits per heavy atom. The molecule has 1 unspecified atom stereocenters. The van der Waals surface area contributed by atoms with Crippen LogP contribution in [0.5, 0.6) is 0 Å². The van der Waals surface area contributed by atoms with E-state index in [1.165, 1.54) is 0 Å². The Bertz CT molecular complexity index is 142. The monoisotopic (exact) mass is 156 g/mol. The number of nitrogens with one attached hydrogen (secondary N) is 2. The fourth-order valence-electron chi connectivity index (χ4n) is 1.24. The molecule has 0 spiro atoms. The second-order valence-electron chi connectivity index (χ2n) is 2.48. The fraction of sp³-hybridized carbons (Fsp3) is 0.833. The summed E-state index contributed by atoms with van der Waals surface area (Å²) in [5.41, 5.74) is 2.91. The molecule has 2 aliphatic rings. The van der Waals surface area contributed by atoms with Gasteiger partial charge in [-0.25, -0.2) is 0 Å². The van der Waals surface area contributed by atoms with E-state index in [0.29, 0.717) is 12.2 Å². The number of hydrogen-bond donors (Lipinski definition) is 2. The first-order valence-corrected chi connectivity index (χ1v) is 4.49. The molecule has 0 bridgehead atoms. The van der Waals surface area contributed by atoms with Crippen LogP contribution < -0.4 is 10.6 Å². The molecule has 55 valence electrons. The maximum absolute atomic E-state index is 4.21. The largest absolute Gasteiger partial charge is 0.299 e. The van der Waals surface area contributed by atoms with Gasteiger partial charge in [-0.2, -0.15) is 0 Å². The number of hydrogen-bond acceptors (Lipinski definition) is 4. The number of nitrogens with zero attached hydrogens (tertiary/aromatic N) is 1. The van der Waals surface area contributed by atoms with E-state index >= 15 is 0 Å². The minimum atomic E-state index is 0.405. The second-order valence-corrected chi connectivity index (χ2v) is 3.29. The zero-order valence-electron chi connectivity index (χ0n) is 5.63. The standard InChI is InChI=1S/C6H10N3S/c1-2-8-6(7-1)5-3-10-4-9-5/h5-8H,1-3H2. The molecule has 2 aliphatic heterocycles. The molecule has 2 N–H and O–H groups in total. The lowest BCUT2D eigenvalue weighted by Gasteiger charge is -2.14. The lowest BCUT2D eigenvalue weighted by molar-refractivity contribution is 0.484. The molecule has 2 rings (SSSR count). The van der Waals surface area contributed by atoms with E-state index in [9.17, 15) is 0 Å². The van der Waals surface area contributed by atoms with Crippen LogP contribution >= 0.6 is 11.8 Å². The molecule has 0 aromatic carbocycles. The van der Waals surface area contributed by atoms with Crippen LogP contribution in [0.15, 0.2) is 4.99 Å². The predicted molar refractivity (Wildman–Crippen MR) is 43.5 cm³/mol. The third kappa shape index (κ3) is 1.19. The summed E-state index contributed by atoms with van der Waals surface area (Å²) in [6, 6.07) is 0.410. The van der Waals surface area contributed by atoms with Gasteiger partial charge in [-0.05, 0) is 0 Å². The number of aliphatic imine (C=N–C) groups is 1. The summed E-state index contributed by atoms with van der Waals surface area (Å²) in [6.07, 6.45) is 0.405. The Hall–Kier alpha value is -0.0600. The molecule has 1 atom stereocenters. The molecule has 1 fully saturated rings. The number of thioether (sulfide) groups is 1. The van der Waals surface area contributed by atoms with Crippen molar-refractivity contribution in [2.24, 2.45) is 4.99 Å². The van der Waals surface area contributed by atoms with E-state index < -0.39 is 0 Å². The van der Waals surface area contributed by atoms with Crippen LogP contribution in [0.25, 0.3) is 0 Å². The quantitative estimate of drug-likeness (QED) is 0.538. The van der Waals surface area contributed by atoms with Crippen molar-refractivity contribution in [2.45, 2.75) is 12.2 Å². The maximum atomic E-state index is 4.21. The average molecular weight is 156 g/mol. The Kier molecular flexibility index (Phi) is 1.93. The molecule has 0 amide bonds. The topological polar surface area (TPSA) is 36.4 Å². The zero-order chi connectivity index (χ0) is 6.81. The lowest BCUT2D eigenvalue weighted by Crippen LogP contribution is -2.41. The van der Waals surface area contributed by atoms with Crippen molar-refractivity contribution in [2.75, 3.05) is 18.8 Å². The first-order chi connectivity index (χ1) is 4.97. The van der Waals surface area contributed by atoms with Gasteiger partial charge in [0.15, 0.2) is 0 Å². The van der Waals surface area contributed by atoms with E-state index in [4.69, 9.17) is 0 Å². The Labute approximate surface area is 64.7 Å². The van der Waals surface area contributed by atoms with Gasteiger partial charge in [-0.1, -0.05) is 0 Å².